The second kappa shape index (κ2) is 3.99. The van der Waals surface area contributed by atoms with Gasteiger partial charge in [0.05, 0.1) is 0 Å². The molecule has 2 N–H and O–H groups in total. The fourth-order valence-electron chi connectivity index (χ4n) is 1.48. The highest BCUT2D eigenvalue weighted by Crippen LogP contribution is 2.60. The third-order valence-electron chi connectivity index (χ3n) is 2.89. The summed E-state index contributed by atoms with van der Waals surface area (Å²) >= 11 is 0. The first-order chi connectivity index (χ1) is 7.19. The van der Waals surface area contributed by atoms with E-state index in [1.807, 2.05) is 0 Å². The number of carboxylic acids is 1. The minimum atomic E-state index is -2.92. The fourth-order valence-corrected chi connectivity index (χ4v) is 1.48. The number of halogens is 2. The Balaban J connectivity index is 2.35. The number of aliphatic carboxylic acids is 1. The minimum absolute atomic E-state index is 0.0899. The first-order valence-corrected chi connectivity index (χ1v) is 5.07. The van der Waals surface area contributed by atoms with E-state index >= 15 is 0 Å². The molecule has 0 spiro atoms. The van der Waals surface area contributed by atoms with E-state index in [1.54, 1.807) is 6.92 Å². The van der Waals surface area contributed by atoms with Crippen molar-refractivity contribution in [3.63, 3.8) is 0 Å². The first kappa shape index (κ1) is 12.9. The van der Waals surface area contributed by atoms with E-state index < -0.39 is 29.6 Å². The molecule has 0 bridgehead atoms. The smallest absolute Gasteiger partial charge is 0.303 e. The van der Waals surface area contributed by atoms with Crippen LogP contribution in [0.25, 0.3) is 0 Å². The lowest BCUT2D eigenvalue weighted by Gasteiger charge is -2.14. The summed E-state index contributed by atoms with van der Waals surface area (Å²) < 4.78 is 25.6. The van der Waals surface area contributed by atoms with Crippen LogP contribution in [0.4, 0.5) is 8.78 Å². The fraction of sp³-hybridized carbons (Fsp3) is 0.800. The molecule has 0 aromatic rings. The highest BCUT2D eigenvalue weighted by atomic mass is 19.3. The van der Waals surface area contributed by atoms with Gasteiger partial charge in [0, 0.05) is 19.4 Å². The molecule has 6 heteroatoms. The zero-order chi connectivity index (χ0) is 12.6. The Bertz CT molecular complexity index is 319. The van der Waals surface area contributed by atoms with E-state index in [0.29, 0.717) is 0 Å². The van der Waals surface area contributed by atoms with Gasteiger partial charge in [-0.05, 0) is 12.8 Å². The van der Waals surface area contributed by atoms with E-state index in [9.17, 15) is 18.4 Å². The lowest BCUT2D eigenvalue weighted by atomic mass is 10.1. The number of nitrogens with one attached hydrogen (secondary N) is 1. The predicted molar refractivity (Wildman–Crippen MR) is 52.1 cm³/mol. The summed E-state index contributed by atoms with van der Waals surface area (Å²) in [4.78, 5) is 21.7. The van der Waals surface area contributed by atoms with Crippen LogP contribution in [0.5, 0.6) is 0 Å². The Labute approximate surface area is 92.0 Å². The highest BCUT2D eigenvalue weighted by molar-refractivity contribution is 5.86. The molecule has 1 aliphatic rings. The quantitative estimate of drug-likeness (QED) is 0.753. The molecular weight excluding hydrogens is 220 g/mol. The summed E-state index contributed by atoms with van der Waals surface area (Å²) in [7, 11) is 0. The summed E-state index contributed by atoms with van der Waals surface area (Å²) in [6.07, 6.45) is -0.521. The van der Waals surface area contributed by atoms with Crippen LogP contribution in [0.1, 0.15) is 26.7 Å². The van der Waals surface area contributed by atoms with Gasteiger partial charge in [-0.1, -0.05) is 6.92 Å². The van der Waals surface area contributed by atoms with Gasteiger partial charge in [0.1, 0.15) is 5.41 Å². The van der Waals surface area contributed by atoms with E-state index in [4.69, 9.17) is 5.11 Å². The summed E-state index contributed by atoms with van der Waals surface area (Å²) in [6.45, 7) is 2.96. The molecule has 16 heavy (non-hydrogen) atoms. The Hall–Kier alpha value is -1.20. The molecule has 2 atom stereocenters. The van der Waals surface area contributed by atoms with Gasteiger partial charge < -0.3 is 10.4 Å². The molecule has 1 rings (SSSR count). The van der Waals surface area contributed by atoms with Gasteiger partial charge in [-0.2, -0.15) is 0 Å². The van der Waals surface area contributed by atoms with Crippen molar-refractivity contribution in [1.29, 1.82) is 0 Å². The zero-order valence-corrected chi connectivity index (χ0v) is 9.22. The maximum atomic E-state index is 12.8. The second-order valence-electron chi connectivity index (χ2n) is 4.63. The van der Waals surface area contributed by atoms with Gasteiger partial charge in [-0.15, -0.1) is 0 Å². The van der Waals surface area contributed by atoms with Crippen LogP contribution in [-0.2, 0) is 9.59 Å². The number of carbonyl (C=O) groups is 2. The first-order valence-electron chi connectivity index (χ1n) is 5.07. The number of hydrogen-bond acceptors (Lipinski definition) is 2. The molecule has 0 radical (unpaired) electrons. The van der Waals surface area contributed by atoms with E-state index in [2.05, 4.69) is 5.32 Å². The molecular formula is C10H15F2NO3. The largest absolute Gasteiger partial charge is 0.481 e. The Morgan fingerprint density at radius 2 is 2.00 bits per heavy atom. The summed E-state index contributed by atoms with van der Waals surface area (Å²) in [6, 6.07) is 0. The molecule has 0 aromatic heterocycles. The predicted octanol–water partition coefficient (Wildman–Crippen LogP) is 1.26. The summed E-state index contributed by atoms with van der Waals surface area (Å²) in [5.74, 6) is -4.86. The van der Waals surface area contributed by atoms with Crippen molar-refractivity contribution in [2.75, 3.05) is 6.54 Å². The van der Waals surface area contributed by atoms with Gasteiger partial charge in [0.25, 0.3) is 5.92 Å². The molecule has 0 saturated heterocycles. The number of carboxylic acid groups (broad SMARTS) is 1. The zero-order valence-electron chi connectivity index (χ0n) is 9.22. The Morgan fingerprint density at radius 3 is 2.38 bits per heavy atom. The number of carbonyl (C=O) groups excluding carboxylic acids is 1. The van der Waals surface area contributed by atoms with Crippen molar-refractivity contribution in [2.45, 2.75) is 32.6 Å². The van der Waals surface area contributed by atoms with E-state index in [0.717, 1.165) is 0 Å². The van der Waals surface area contributed by atoms with Gasteiger partial charge >= 0.3 is 5.97 Å². The van der Waals surface area contributed by atoms with E-state index in [1.165, 1.54) is 6.92 Å². The van der Waals surface area contributed by atoms with Crippen molar-refractivity contribution < 1.29 is 23.5 Å². The average molecular weight is 235 g/mol. The molecule has 0 aliphatic heterocycles. The van der Waals surface area contributed by atoms with Crippen LogP contribution in [0, 0.1) is 11.3 Å². The minimum Gasteiger partial charge on any atom is -0.481 e. The summed E-state index contributed by atoms with van der Waals surface area (Å²) in [5.41, 5.74) is -1.60. The standard InChI is InChI=1S/C10H15F2NO3/c1-6(3-7(14)15)4-13-8(16)9(2)5-10(9,11)12/h6H,3-5H2,1-2H3,(H,13,16)(H,14,15). The third-order valence-corrected chi connectivity index (χ3v) is 2.89. The maximum absolute atomic E-state index is 12.8. The maximum Gasteiger partial charge on any atom is 0.303 e. The third kappa shape index (κ3) is 2.48. The van der Waals surface area contributed by atoms with Crippen LogP contribution in [0.15, 0.2) is 0 Å². The van der Waals surface area contributed by atoms with Crippen LogP contribution < -0.4 is 5.32 Å². The van der Waals surface area contributed by atoms with Crippen molar-refractivity contribution in [1.82, 2.24) is 5.32 Å². The molecule has 1 saturated carbocycles. The lowest BCUT2D eigenvalue weighted by Crippen LogP contribution is -2.36. The second-order valence-corrected chi connectivity index (χ2v) is 4.63. The molecule has 1 amide bonds. The van der Waals surface area contributed by atoms with Crippen LogP contribution in [-0.4, -0.2) is 29.5 Å². The van der Waals surface area contributed by atoms with Gasteiger partial charge in [-0.25, -0.2) is 8.78 Å². The number of amides is 1. The average Bonchev–Trinajstić information content (AvgIpc) is 2.62. The van der Waals surface area contributed by atoms with Crippen LogP contribution in [0.2, 0.25) is 0 Å². The summed E-state index contributed by atoms with van der Waals surface area (Å²) in [5, 5.41) is 10.8. The van der Waals surface area contributed by atoms with Gasteiger partial charge in [0.2, 0.25) is 5.91 Å². The SMILES string of the molecule is CC(CNC(=O)C1(C)CC1(F)F)CC(=O)O. The Morgan fingerprint density at radius 1 is 1.50 bits per heavy atom. The molecule has 4 nitrogen and oxygen atoms in total. The van der Waals surface area contributed by atoms with Crippen LogP contribution in [0.3, 0.4) is 0 Å². The monoisotopic (exact) mass is 235 g/mol. The number of hydrogen-bond donors (Lipinski definition) is 2. The highest BCUT2D eigenvalue weighted by Gasteiger charge is 2.72. The number of rotatable bonds is 5. The normalized spacial score (nSPS) is 28.2. The molecule has 2 unspecified atom stereocenters. The molecule has 1 fully saturated rings. The molecule has 1 aliphatic carbocycles. The molecule has 0 heterocycles. The van der Waals surface area contributed by atoms with Crippen LogP contribution >= 0.6 is 0 Å². The topological polar surface area (TPSA) is 66.4 Å². The van der Waals surface area contributed by atoms with Crippen molar-refractivity contribution in [2.24, 2.45) is 11.3 Å². The molecule has 0 aromatic carbocycles. The van der Waals surface area contributed by atoms with Gasteiger partial charge in [-0.3, -0.25) is 9.59 Å². The van der Waals surface area contributed by atoms with E-state index in [-0.39, 0.29) is 18.9 Å². The lowest BCUT2D eigenvalue weighted by molar-refractivity contribution is -0.138. The molecule has 92 valence electrons. The van der Waals surface area contributed by atoms with Crippen molar-refractivity contribution in [3.8, 4) is 0 Å². The van der Waals surface area contributed by atoms with Gasteiger partial charge in [0.15, 0.2) is 0 Å². The number of alkyl halides is 2. The van der Waals surface area contributed by atoms with Crippen molar-refractivity contribution >= 4 is 11.9 Å². The Kier molecular flexibility index (Phi) is 3.21. The van der Waals surface area contributed by atoms with Crippen molar-refractivity contribution in [3.05, 3.63) is 0 Å².